The largest absolute Gasteiger partial charge is 0.464 e. The molecule has 2 aromatic rings. The summed E-state index contributed by atoms with van der Waals surface area (Å²) in [6.45, 7) is 0. The van der Waals surface area contributed by atoms with E-state index in [4.69, 9.17) is 16.0 Å². The van der Waals surface area contributed by atoms with Gasteiger partial charge in [-0.05, 0) is 23.8 Å². The predicted molar refractivity (Wildman–Crippen MR) is 53.9 cm³/mol. The molecule has 0 atom stereocenters. The molecule has 3 heteroatoms. The van der Waals surface area contributed by atoms with Crippen LogP contribution in [0.2, 0.25) is 5.02 Å². The van der Waals surface area contributed by atoms with Gasteiger partial charge in [0.05, 0.1) is 6.26 Å². The quantitative estimate of drug-likeness (QED) is 0.693. The normalized spacial score (nSPS) is 10.8. The average molecular weight is 246 g/mol. The summed E-state index contributed by atoms with van der Waals surface area (Å²) >= 11 is 9.38. The Balaban J connectivity index is 2.83. The first-order chi connectivity index (χ1) is 5.83. The average Bonchev–Trinajstić information content (AvgIpc) is 2.52. The maximum absolute atomic E-state index is 5.99. The lowest BCUT2D eigenvalue weighted by atomic mass is 10.1. The third-order valence-electron chi connectivity index (χ3n) is 1.82. The van der Waals surface area contributed by atoms with Gasteiger partial charge < -0.3 is 4.42 Å². The van der Waals surface area contributed by atoms with Crippen LogP contribution in [-0.4, -0.2) is 0 Å². The Kier molecular flexibility index (Phi) is 2.11. The molecule has 0 saturated heterocycles. The number of hydrogen-bond acceptors (Lipinski definition) is 1. The van der Waals surface area contributed by atoms with E-state index in [0.717, 1.165) is 26.9 Å². The number of alkyl halides is 1. The molecule has 2 rings (SSSR count). The number of rotatable bonds is 1. The van der Waals surface area contributed by atoms with Crippen LogP contribution in [0.25, 0.3) is 11.0 Å². The number of hydrogen-bond donors (Lipinski definition) is 0. The van der Waals surface area contributed by atoms with Gasteiger partial charge in [-0.25, -0.2) is 0 Å². The van der Waals surface area contributed by atoms with Crippen molar-refractivity contribution in [2.24, 2.45) is 0 Å². The highest BCUT2D eigenvalue weighted by Crippen LogP contribution is 2.28. The second-order valence-corrected chi connectivity index (χ2v) is 3.46. The SMILES string of the molecule is Clc1ccc2occc2c1CBr. The Bertz CT molecular complexity index is 408. The minimum absolute atomic E-state index is 0.753. The topological polar surface area (TPSA) is 13.1 Å². The van der Waals surface area contributed by atoms with Gasteiger partial charge in [-0.15, -0.1) is 0 Å². The summed E-state index contributed by atoms with van der Waals surface area (Å²) in [7, 11) is 0. The van der Waals surface area contributed by atoms with Crippen molar-refractivity contribution in [2.45, 2.75) is 5.33 Å². The van der Waals surface area contributed by atoms with E-state index in [1.165, 1.54) is 0 Å². The molecule has 1 heterocycles. The summed E-state index contributed by atoms with van der Waals surface area (Å²) in [6, 6.07) is 5.66. The summed E-state index contributed by atoms with van der Waals surface area (Å²) in [5, 5.41) is 2.61. The van der Waals surface area contributed by atoms with Crippen molar-refractivity contribution >= 4 is 38.5 Å². The lowest BCUT2D eigenvalue weighted by molar-refractivity contribution is 0.616. The third-order valence-corrected chi connectivity index (χ3v) is 2.74. The maximum atomic E-state index is 5.99. The van der Waals surface area contributed by atoms with Gasteiger partial charge in [0.1, 0.15) is 5.58 Å². The van der Waals surface area contributed by atoms with Crippen molar-refractivity contribution in [1.29, 1.82) is 0 Å². The Labute approximate surface area is 83.4 Å². The summed E-state index contributed by atoms with van der Waals surface area (Å²) in [5.41, 5.74) is 1.97. The van der Waals surface area contributed by atoms with Crippen LogP contribution in [-0.2, 0) is 5.33 Å². The van der Waals surface area contributed by atoms with Crippen LogP contribution in [0.15, 0.2) is 28.9 Å². The molecular weight excluding hydrogens is 239 g/mol. The van der Waals surface area contributed by atoms with Crippen molar-refractivity contribution in [3.63, 3.8) is 0 Å². The molecular formula is C9H6BrClO. The monoisotopic (exact) mass is 244 g/mol. The van der Waals surface area contributed by atoms with Gasteiger partial charge in [0, 0.05) is 15.7 Å². The van der Waals surface area contributed by atoms with Gasteiger partial charge in [-0.1, -0.05) is 27.5 Å². The zero-order chi connectivity index (χ0) is 8.55. The van der Waals surface area contributed by atoms with Gasteiger partial charge in [0.2, 0.25) is 0 Å². The number of benzene rings is 1. The van der Waals surface area contributed by atoms with Crippen LogP contribution < -0.4 is 0 Å². The molecule has 1 aromatic heterocycles. The smallest absolute Gasteiger partial charge is 0.134 e. The van der Waals surface area contributed by atoms with Crippen molar-refractivity contribution in [2.75, 3.05) is 0 Å². The van der Waals surface area contributed by atoms with Gasteiger partial charge in [-0.3, -0.25) is 0 Å². The molecule has 0 unspecified atom stereocenters. The zero-order valence-electron chi connectivity index (χ0n) is 6.18. The van der Waals surface area contributed by atoms with E-state index in [-0.39, 0.29) is 0 Å². The third kappa shape index (κ3) is 1.15. The first-order valence-electron chi connectivity index (χ1n) is 3.53. The lowest BCUT2D eigenvalue weighted by Crippen LogP contribution is -1.79. The fraction of sp³-hybridized carbons (Fsp3) is 0.111. The van der Waals surface area contributed by atoms with E-state index in [0.29, 0.717) is 0 Å². The minimum atomic E-state index is 0.753. The van der Waals surface area contributed by atoms with Crippen molar-refractivity contribution in [1.82, 2.24) is 0 Å². The molecule has 0 N–H and O–H groups in total. The molecule has 0 fully saturated rings. The molecule has 0 amide bonds. The van der Waals surface area contributed by atoms with Gasteiger partial charge >= 0.3 is 0 Å². The Morgan fingerprint density at radius 1 is 1.33 bits per heavy atom. The fourth-order valence-corrected chi connectivity index (χ4v) is 2.21. The van der Waals surface area contributed by atoms with Crippen LogP contribution in [0, 0.1) is 0 Å². The first kappa shape index (κ1) is 8.14. The fourth-order valence-electron chi connectivity index (χ4n) is 1.21. The van der Waals surface area contributed by atoms with E-state index in [1.807, 2.05) is 18.2 Å². The number of halogens is 2. The van der Waals surface area contributed by atoms with E-state index in [9.17, 15) is 0 Å². The summed E-state index contributed by atoms with van der Waals surface area (Å²) in [4.78, 5) is 0. The Morgan fingerprint density at radius 2 is 2.17 bits per heavy atom. The summed E-state index contributed by atoms with van der Waals surface area (Å²) in [5.74, 6) is 0. The molecule has 0 bridgehead atoms. The van der Waals surface area contributed by atoms with E-state index >= 15 is 0 Å². The maximum Gasteiger partial charge on any atom is 0.134 e. The highest BCUT2D eigenvalue weighted by Gasteiger charge is 2.05. The summed E-state index contributed by atoms with van der Waals surface area (Å²) < 4.78 is 5.24. The predicted octanol–water partition coefficient (Wildman–Crippen LogP) is 3.98. The van der Waals surface area contributed by atoms with Crippen molar-refractivity contribution in [3.05, 3.63) is 35.0 Å². The molecule has 62 valence electrons. The van der Waals surface area contributed by atoms with Crippen LogP contribution >= 0.6 is 27.5 Å². The van der Waals surface area contributed by atoms with Gasteiger partial charge in [0.15, 0.2) is 0 Å². The molecule has 0 radical (unpaired) electrons. The zero-order valence-corrected chi connectivity index (χ0v) is 8.52. The van der Waals surface area contributed by atoms with Crippen LogP contribution in [0.1, 0.15) is 5.56 Å². The van der Waals surface area contributed by atoms with Crippen molar-refractivity contribution in [3.8, 4) is 0 Å². The molecule has 0 saturated carbocycles. The lowest BCUT2D eigenvalue weighted by Gasteiger charge is -1.99. The van der Waals surface area contributed by atoms with E-state index < -0.39 is 0 Å². The van der Waals surface area contributed by atoms with Crippen molar-refractivity contribution < 1.29 is 4.42 Å². The van der Waals surface area contributed by atoms with E-state index in [2.05, 4.69) is 15.9 Å². The second kappa shape index (κ2) is 3.11. The standard InChI is InChI=1S/C9H6BrClO/c10-5-7-6-3-4-12-9(6)2-1-8(7)11/h1-4H,5H2. The Morgan fingerprint density at radius 3 is 2.92 bits per heavy atom. The molecule has 12 heavy (non-hydrogen) atoms. The highest BCUT2D eigenvalue weighted by atomic mass is 79.9. The number of fused-ring (bicyclic) bond motifs is 1. The number of furan rings is 1. The Hall–Kier alpha value is -0.470. The molecule has 0 aliphatic rings. The van der Waals surface area contributed by atoms with Crippen LogP contribution in [0.5, 0.6) is 0 Å². The summed E-state index contributed by atoms with van der Waals surface area (Å²) in [6.07, 6.45) is 1.67. The minimum Gasteiger partial charge on any atom is -0.464 e. The second-order valence-electron chi connectivity index (χ2n) is 2.49. The molecule has 1 nitrogen and oxygen atoms in total. The molecule has 1 aromatic carbocycles. The first-order valence-corrected chi connectivity index (χ1v) is 5.03. The molecule has 0 aliphatic carbocycles. The highest BCUT2D eigenvalue weighted by molar-refractivity contribution is 9.08. The van der Waals surface area contributed by atoms with Gasteiger partial charge in [0.25, 0.3) is 0 Å². The van der Waals surface area contributed by atoms with Crippen LogP contribution in [0.4, 0.5) is 0 Å². The molecule has 0 spiro atoms. The molecule has 0 aliphatic heterocycles. The van der Waals surface area contributed by atoms with Crippen LogP contribution in [0.3, 0.4) is 0 Å². The van der Waals surface area contributed by atoms with Gasteiger partial charge in [-0.2, -0.15) is 0 Å². The van der Waals surface area contributed by atoms with E-state index in [1.54, 1.807) is 6.26 Å².